The van der Waals surface area contributed by atoms with E-state index in [0.717, 1.165) is 5.56 Å². The third-order valence-electron chi connectivity index (χ3n) is 3.21. The summed E-state index contributed by atoms with van der Waals surface area (Å²) in [6, 6.07) is 7.43. The highest BCUT2D eigenvalue weighted by molar-refractivity contribution is 5.96. The molecule has 1 unspecified atom stereocenters. The summed E-state index contributed by atoms with van der Waals surface area (Å²) in [5, 5.41) is 2.92. The van der Waals surface area contributed by atoms with Crippen molar-refractivity contribution in [2.45, 2.75) is 45.4 Å². The van der Waals surface area contributed by atoms with Gasteiger partial charge < -0.3 is 14.8 Å². The van der Waals surface area contributed by atoms with Gasteiger partial charge in [-0.25, -0.2) is 0 Å². The van der Waals surface area contributed by atoms with Crippen molar-refractivity contribution >= 4 is 5.91 Å². The number of carbonyl (C=O) groups excluding carboxylic acids is 1. The molecule has 0 radical (unpaired) electrons. The van der Waals surface area contributed by atoms with Crippen LogP contribution in [0.3, 0.4) is 0 Å². The topological polar surface area (TPSA) is 47.6 Å². The second kappa shape index (κ2) is 6.86. The highest BCUT2D eigenvalue weighted by atomic mass is 16.7. The zero-order chi connectivity index (χ0) is 15.3. The minimum atomic E-state index is -0.458. The van der Waals surface area contributed by atoms with Crippen molar-refractivity contribution in [3.63, 3.8) is 0 Å². The van der Waals surface area contributed by atoms with Crippen LogP contribution in [0.25, 0.3) is 0 Å². The molecule has 0 spiro atoms. The molecule has 0 aromatic heterocycles. The second-order valence-electron chi connectivity index (χ2n) is 5.90. The molecule has 0 aliphatic heterocycles. The Labute approximate surface area is 121 Å². The van der Waals surface area contributed by atoms with Crippen LogP contribution in [0.4, 0.5) is 0 Å². The lowest BCUT2D eigenvalue weighted by atomic mass is 9.83. The lowest BCUT2D eigenvalue weighted by Crippen LogP contribution is -2.43. The van der Waals surface area contributed by atoms with Crippen LogP contribution in [-0.4, -0.2) is 32.5 Å². The predicted molar refractivity (Wildman–Crippen MR) is 79.9 cm³/mol. The molecule has 0 aliphatic rings. The van der Waals surface area contributed by atoms with Gasteiger partial charge in [-0.2, -0.15) is 0 Å². The van der Waals surface area contributed by atoms with Crippen molar-refractivity contribution in [3.8, 4) is 0 Å². The fourth-order valence-electron chi connectivity index (χ4n) is 2.19. The van der Waals surface area contributed by atoms with Crippen LogP contribution in [0, 0.1) is 0 Å². The first-order valence-corrected chi connectivity index (χ1v) is 6.77. The second-order valence-corrected chi connectivity index (χ2v) is 5.90. The summed E-state index contributed by atoms with van der Waals surface area (Å²) in [5.41, 5.74) is 1.63. The Morgan fingerprint density at radius 3 is 2.20 bits per heavy atom. The number of carbonyl (C=O) groups is 1. The number of hydrogen-bond donors (Lipinski definition) is 1. The molecule has 20 heavy (non-hydrogen) atoms. The van der Waals surface area contributed by atoms with Gasteiger partial charge in [0.15, 0.2) is 6.29 Å². The van der Waals surface area contributed by atoms with Crippen LogP contribution in [0.5, 0.6) is 0 Å². The SMILES string of the molecule is COC(OC)C(C)NC(=O)c1ccccc1C(C)(C)C. The van der Waals surface area contributed by atoms with Crippen molar-refractivity contribution in [2.24, 2.45) is 0 Å². The van der Waals surface area contributed by atoms with Crippen LogP contribution in [0.2, 0.25) is 0 Å². The van der Waals surface area contributed by atoms with Gasteiger partial charge in [0, 0.05) is 19.8 Å². The van der Waals surface area contributed by atoms with Crippen LogP contribution >= 0.6 is 0 Å². The van der Waals surface area contributed by atoms with Gasteiger partial charge in [0.1, 0.15) is 0 Å². The van der Waals surface area contributed by atoms with Gasteiger partial charge in [-0.15, -0.1) is 0 Å². The van der Waals surface area contributed by atoms with Gasteiger partial charge in [0.25, 0.3) is 5.91 Å². The average Bonchev–Trinajstić information content (AvgIpc) is 2.39. The lowest BCUT2D eigenvalue weighted by Gasteiger charge is -2.25. The van der Waals surface area contributed by atoms with Crippen molar-refractivity contribution < 1.29 is 14.3 Å². The summed E-state index contributed by atoms with van der Waals surface area (Å²) >= 11 is 0. The Hall–Kier alpha value is -1.39. The van der Waals surface area contributed by atoms with Gasteiger partial charge >= 0.3 is 0 Å². The Morgan fingerprint density at radius 2 is 1.70 bits per heavy atom. The summed E-state index contributed by atoms with van der Waals surface area (Å²) in [6.07, 6.45) is -0.458. The Bertz CT molecular complexity index is 447. The van der Waals surface area contributed by atoms with E-state index in [-0.39, 0.29) is 17.4 Å². The molecule has 0 saturated carbocycles. The van der Waals surface area contributed by atoms with Gasteiger partial charge in [0.05, 0.1) is 6.04 Å². The zero-order valence-electron chi connectivity index (χ0n) is 13.2. The van der Waals surface area contributed by atoms with E-state index < -0.39 is 6.29 Å². The number of nitrogens with one attached hydrogen (secondary N) is 1. The molecule has 1 rings (SSSR count). The molecular weight excluding hydrogens is 254 g/mol. The quantitative estimate of drug-likeness (QED) is 0.843. The molecule has 112 valence electrons. The number of methoxy groups -OCH3 is 2. The van der Waals surface area contributed by atoms with Crippen molar-refractivity contribution in [2.75, 3.05) is 14.2 Å². The zero-order valence-corrected chi connectivity index (χ0v) is 13.2. The van der Waals surface area contributed by atoms with E-state index in [0.29, 0.717) is 5.56 Å². The molecule has 1 N–H and O–H groups in total. The molecule has 0 saturated heterocycles. The molecule has 4 nitrogen and oxygen atoms in total. The summed E-state index contributed by atoms with van der Waals surface area (Å²) in [4.78, 5) is 12.4. The number of amides is 1. The Morgan fingerprint density at radius 1 is 1.15 bits per heavy atom. The summed E-state index contributed by atoms with van der Waals surface area (Å²) in [5.74, 6) is -0.109. The van der Waals surface area contributed by atoms with Gasteiger partial charge in [0.2, 0.25) is 0 Å². The third-order valence-corrected chi connectivity index (χ3v) is 3.21. The fraction of sp³-hybridized carbons (Fsp3) is 0.562. The molecule has 0 bridgehead atoms. The van der Waals surface area contributed by atoms with E-state index >= 15 is 0 Å². The molecule has 0 heterocycles. The Kier molecular flexibility index (Phi) is 5.72. The van der Waals surface area contributed by atoms with Crippen LogP contribution in [0.1, 0.15) is 43.6 Å². The first-order valence-electron chi connectivity index (χ1n) is 6.77. The monoisotopic (exact) mass is 279 g/mol. The fourth-order valence-corrected chi connectivity index (χ4v) is 2.19. The van der Waals surface area contributed by atoms with Crippen LogP contribution in [0.15, 0.2) is 24.3 Å². The van der Waals surface area contributed by atoms with E-state index in [4.69, 9.17) is 9.47 Å². The molecule has 1 amide bonds. The highest BCUT2D eigenvalue weighted by Crippen LogP contribution is 2.25. The van der Waals surface area contributed by atoms with E-state index in [1.807, 2.05) is 31.2 Å². The maximum absolute atomic E-state index is 12.4. The predicted octanol–water partition coefficient (Wildman–Crippen LogP) is 2.72. The maximum atomic E-state index is 12.4. The van der Waals surface area contributed by atoms with E-state index in [9.17, 15) is 4.79 Å². The number of benzene rings is 1. The van der Waals surface area contributed by atoms with Gasteiger partial charge in [-0.1, -0.05) is 39.0 Å². The standard InChI is InChI=1S/C16H25NO3/c1-11(15(19-5)20-6)17-14(18)12-9-7-8-10-13(12)16(2,3)4/h7-11,15H,1-6H3,(H,17,18). The lowest BCUT2D eigenvalue weighted by molar-refractivity contribution is -0.117. The minimum absolute atomic E-state index is 0.0842. The first kappa shape index (κ1) is 16.7. The third kappa shape index (κ3) is 4.05. The molecule has 1 atom stereocenters. The molecule has 0 fully saturated rings. The largest absolute Gasteiger partial charge is 0.354 e. The number of ether oxygens (including phenoxy) is 2. The van der Waals surface area contributed by atoms with E-state index in [1.165, 1.54) is 0 Å². The summed E-state index contributed by atoms with van der Waals surface area (Å²) in [7, 11) is 3.11. The maximum Gasteiger partial charge on any atom is 0.251 e. The van der Waals surface area contributed by atoms with Crippen molar-refractivity contribution in [3.05, 3.63) is 35.4 Å². The van der Waals surface area contributed by atoms with Crippen LogP contribution < -0.4 is 5.32 Å². The highest BCUT2D eigenvalue weighted by Gasteiger charge is 2.24. The molecule has 0 aliphatic carbocycles. The molecule has 1 aromatic rings. The van der Waals surface area contributed by atoms with Gasteiger partial charge in [-0.3, -0.25) is 4.79 Å². The number of rotatable bonds is 5. The van der Waals surface area contributed by atoms with E-state index in [1.54, 1.807) is 14.2 Å². The van der Waals surface area contributed by atoms with Crippen molar-refractivity contribution in [1.29, 1.82) is 0 Å². The summed E-state index contributed by atoms with van der Waals surface area (Å²) < 4.78 is 10.3. The van der Waals surface area contributed by atoms with Crippen LogP contribution in [-0.2, 0) is 14.9 Å². The van der Waals surface area contributed by atoms with E-state index in [2.05, 4.69) is 26.1 Å². The smallest absolute Gasteiger partial charge is 0.251 e. The molecule has 1 aromatic carbocycles. The van der Waals surface area contributed by atoms with Gasteiger partial charge in [-0.05, 0) is 24.0 Å². The summed E-state index contributed by atoms with van der Waals surface area (Å²) in [6.45, 7) is 8.14. The molecule has 4 heteroatoms. The number of hydrogen-bond acceptors (Lipinski definition) is 3. The van der Waals surface area contributed by atoms with Crippen molar-refractivity contribution in [1.82, 2.24) is 5.32 Å². The average molecular weight is 279 g/mol. The normalized spacial score (nSPS) is 13.3. The minimum Gasteiger partial charge on any atom is -0.354 e. The first-order chi connectivity index (χ1) is 9.31. The molecular formula is C16H25NO3. The Balaban J connectivity index is 2.94.